The molecule has 1 saturated carbocycles. The van der Waals surface area contributed by atoms with Gasteiger partial charge < -0.3 is 0 Å². The van der Waals surface area contributed by atoms with Crippen LogP contribution in [0.5, 0.6) is 0 Å². The second-order valence-corrected chi connectivity index (χ2v) is 4.46. The van der Waals surface area contributed by atoms with Crippen molar-refractivity contribution in [2.24, 2.45) is 5.92 Å². The van der Waals surface area contributed by atoms with Crippen molar-refractivity contribution in [3.05, 3.63) is 12.2 Å². The first kappa shape index (κ1) is 10.4. The van der Waals surface area contributed by atoms with Gasteiger partial charge in [-0.2, -0.15) is 0 Å². The first-order valence-electron chi connectivity index (χ1n) is 5.77. The van der Waals surface area contributed by atoms with Gasteiger partial charge in [0.2, 0.25) is 0 Å². The minimum absolute atomic E-state index is 0.125. The molecule has 0 atom stereocenters. The Balaban J connectivity index is 1.96. The van der Waals surface area contributed by atoms with Gasteiger partial charge in [0.15, 0.2) is 0 Å². The topological polar surface area (TPSA) is 37.4 Å². The third-order valence-electron chi connectivity index (χ3n) is 3.60. The van der Waals surface area contributed by atoms with Crippen molar-refractivity contribution in [2.75, 3.05) is 0 Å². The molecular formula is C12H17NO2. The summed E-state index contributed by atoms with van der Waals surface area (Å²) in [6.45, 7) is 2.21. The number of hydrogen-bond donors (Lipinski definition) is 0. The fourth-order valence-corrected chi connectivity index (χ4v) is 2.58. The van der Waals surface area contributed by atoms with Gasteiger partial charge in [0, 0.05) is 18.2 Å². The van der Waals surface area contributed by atoms with E-state index in [4.69, 9.17) is 0 Å². The van der Waals surface area contributed by atoms with Crippen LogP contribution in [-0.4, -0.2) is 22.8 Å². The van der Waals surface area contributed by atoms with Crippen LogP contribution in [0, 0.1) is 5.92 Å². The second kappa shape index (κ2) is 4.17. The van der Waals surface area contributed by atoms with E-state index in [1.807, 2.05) is 0 Å². The fourth-order valence-electron chi connectivity index (χ4n) is 2.58. The van der Waals surface area contributed by atoms with Gasteiger partial charge in [-0.05, 0) is 31.6 Å². The van der Waals surface area contributed by atoms with Crippen molar-refractivity contribution < 1.29 is 9.59 Å². The Kier molecular flexibility index (Phi) is 2.89. The Morgan fingerprint density at radius 2 is 1.67 bits per heavy atom. The summed E-state index contributed by atoms with van der Waals surface area (Å²) in [6, 6.07) is 0.155. The highest BCUT2D eigenvalue weighted by Crippen LogP contribution is 2.30. The van der Waals surface area contributed by atoms with Crippen LogP contribution >= 0.6 is 0 Å². The Hall–Kier alpha value is -1.12. The second-order valence-electron chi connectivity index (χ2n) is 4.46. The van der Waals surface area contributed by atoms with Gasteiger partial charge in [0.05, 0.1) is 0 Å². The molecule has 1 heterocycles. The summed E-state index contributed by atoms with van der Waals surface area (Å²) >= 11 is 0. The summed E-state index contributed by atoms with van der Waals surface area (Å²) in [5.41, 5.74) is 0. The van der Waals surface area contributed by atoms with Crippen LogP contribution in [0.1, 0.15) is 39.0 Å². The average Bonchev–Trinajstić information content (AvgIpc) is 2.59. The van der Waals surface area contributed by atoms with Gasteiger partial charge in [-0.15, -0.1) is 0 Å². The lowest BCUT2D eigenvalue weighted by molar-refractivity contribution is -0.140. The highest BCUT2D eigenvalue weighted by atomic mass is 16.2. The molecule has 0 aromatic rings. The lowest BCUT2D eigenvalue weighted by atomic mass is 9.84. The maximum absolute atomic E-state index is 11.5. The number of carbonyl (C=O) groups is 2. The molecule has 1 fully saturated rings. The quantitative estimate of drug-likeness (QED) is 0.648. The zero-order valence-electron chi connectivity index (χ0n) is 9.11. The monoisotopic (exact) mass is 207 g/mol. The zero-order chi connectivity index (χ0) is 10.8. The summed E-state index contributed by atoms with van der Waals surface area (Å²) in [5, 5.41) is 0. The van der Waals surface area contributed by atoms with E-state index >= 15 is 0 Å². The van der Waals surface area contributed by atoms with Gasteiger partial charge >= 0.3 is 0 Å². The SMILES string of the molecule is CCC1CCC(N2C(=O)C=CC2=O)CC1. The van der Waals surface area contributed by atoms with Crippen LogP contribution in [0.25, 0.3) is 0 Å². The summed E-state index contributed by atoms with van der Waals surface area (Å²) in [5.74, 6) is 0.543. The van der Waals surface area contributed by atoms with E-state index in [9.17, 15) is 9.59 Å². The standard InChI is InChI=1S/C12H17NO2/c1-2-9-3-5-10(6-4-9)13-11(14)7-8-12(13)15/h7-10H,2-6H2,1H3. The van der Waals surface area contributed by atoms with Crippen molar-refractivity contribution in [2.45, 2.75) is 45.1 Å². The normalized spacial score (nSPS) is 31.4. The van der Waals surface area contributed by atoms with Crippen LogP contribution in [0.15, 0.2) is 12.2 Å². The first-order chi connectivity index (χ1) is 7.22. The maximum Gasteiger partial charge on any atom is 0.253 e. The molecule has 0 aromatic carbocycles. The summed E-state index contributed by atoms with van der Waals surface area (Å²) in [6.07, 6.45) is 8.25. The largest absolute Gasteiger partial charge is 0.272 e. The molecule has 0 aromatic heterocycles. The molecule has 2 rings (SSSR count). The van der Waals surface area contributed by atoms with Crippen molar-refractivity contribution in [1.29, 1.82) is 0 Å². The van der Waals surface area contributed by atoms with Gasteiger partial charge in [-0.25, -0.2) is 0 Å². The highest BCUT2D eigenvalue weighted by molar-refractivity contribution is 6.13. The van der Waals surface area contributed by atoms with Crippen molar-refractivity contribution >= 4 is 11.8 Å². The zero-order valence-corrected chi connectivity index (χ0v) is 9.11. The molecule has 82 valence electrons. The number of hydrogen-bond acceptors (Lipinski definition) is 2. The van der Waals surface area contributed by atoms with Crippen LogP contribution in [-0.2, 0) is 9.59 Å². The number of imide groups is 1. The smallest absolute Gasteiger partial charge is 0.253 e. The molecular weight excluding hydrogens is 190 g/mol. The Labute approximate surface area is 90.1 Å². The molecule has 3 nitrogen and oxygen atoms in total. The van der Waals surface area contributed by atoms with Crippen LogP contribution < -0.4 is 0 Å². The van der Waals surface area contributed by atoms with E-state index in [-0.39, 0.29) is 17.9 Å². The molecule has 1 aliphatic carbocycles. The van der Waals surface area contributed by atoms with E-state index in [1.165, 1.54) is 23.5 Å². The fraction of sp³-hybridized carbons (Fsp3) is 0.667. The molecule has 0 N–H and O–H groups in total. The molecule has 3 heteroatoms. The molecule has 1 aliphatic heterocycles. The number of rotatable bonds is 2. The van der Waals surface area contributed by atoms with E-state index in [0.717, 1.165) is 31.6 Å². The molecule has 0 saturated heterocycles. The molecule has 0 bridgehead atoms. The minimum atomic E-state index is -0.125. The van der Waals surface area contributed by atoms with Crippen LogP contribution in [0.2, 0.25) is 0 Å². The van der Waals surface area contributed by atoms with Gasteiger partial charge in [-0.1, -0.05) is 13.3 Å². The number of carbonyl (C=O) groups excluding carboxylic acids is 2. The third-order valence-corrected chi connectivity index (χ3v) is 3.60. The molecule has 2 aliphatic rings. The number of amides is 2. The highest BCUT2D eigenvalue weighted by Gasteiger charge is 2.33. The Bertz CT molecular complexity index is 283. The van der Waals surface area contributed by atoms with Crippen LogP contribution in [0.3, 0.4) is 0 Å². The Morgan fingerprint density at radius 3 is 2.13 bits per heavy atom. The van der Waals surface area contributed by atoms with E-state index < -0.39 is 0 Å². The molecule has 0 spiro atoms. The lowest BCUT2D eigenvalue weighted by Gasteiger charge is -2.32. The predicted octanol–water partition coefficient (Wildman–Crippen LogP) is 1.88. The van der Waals surface area contributed by atoms with Gasteiger partial charge in [-0.3, -0.25) is 14.5 Å². The molecule has 15 heavy (non-hydrogen) atoms. The average molecular weight is 207 g/mol. The van der Waals surface area contributed by atoms with E-state index in [2.05, 4.69) is 6.92 Å². The summed E-state index contributed by atoms with van der Waals surface area (Å²) < 4.78 is 0. The molecule has 2 amide bonds. The summed E-state index contributed by atoms with van der Waals surface area (Å²) in [4.78, 5) is 24.3. The summed E-state index contributed by atoms with van der Waals surface area (Å²) in [7, 11) is 0. The predicted molar refractivity (Wildman–Crippen MR) is 57.0 cm³/mol. The van der Waals surface area contributed by atoms with E-state index in [0.29, 0.717) is 0 Å². The Morgan fingerprint density at radius 1 is 1.13 bits per heavy atom. The van der Waals surface area contributed by atoms with Gasteiger partial charge in [0.1, 0.15) is 0 Å². The lowest BCUT2D eigenvalue weighted by Crippen LogP contribution is -2.42. The van der Waals surface area contributed by atoms with E-state index in [1.54, 1.807) is 0 Å². The van der Waals surface area contributed by atoms with Crippen molar-refractivity contribution in [3.63, 3.8) is 0 Å². The first-order valence-corrected chi connectivity index (χ1v) is 5.77. The molecule has 0 radical (unpaired) electrons. The maximum atomic E-state index is 11.5. The third kappa shape index (κ3) is 1.96. The minimum Gasteiger partial charge on any atom is -0.272 e. The van der Waals surface area contributed by atoms with Gasteiger partial charge in [0.25, 0.3) is 11.8 Å². The van der Waals surface area contributed by atoms with Crippen molar-refractivity contribution in [1.82, 2.24) is 4.90 Å². The van der Waals surface area contributed by atoms with Crippen molar-refractivity contribution in [3.8, 4) is 0 Å². The number of nitrogens with zero attached hydrogens (tertiary/aromatic N) is 1. The van der Waals surface area contributed by atoms with Crippen LogP contribution in [0.4, 0.5) is 0 Å². The molecule has 0 unspecified atom stereocenters.